The molecular weight excluding hydrogens is 326 g/mol. The molecule has 1 amide bonds. The average Bonchev–Trinajstić information content (AvgIpc) is 3.22. The molecule has 0 radical (unpaired) electrons. The van der Waals surface area contributed by atoms with Crippen LogP contribution in [0.4, 0.5) is 0 Å². The average molecular weight is 343 g/mol. The van der Waals surface area contributed by atoms with E-state index in [1.165, 1.54) is 6.20 Å². The zero-order chi connectivity index (χ0) is 17.9. The van der Waals surface area contributed by atoms with E-state index in [0.29, 0.717) is 11.3 Å². The molecule has 26 heavy (non-hydrogen) atoms. The normalized spacial score (nSPS) is 12.0. The Balaban J connectivity index is 1.86. The van der Waals surface area contributed by atoms with Crippen molar-refractivity contribution in [2.24, 2.45) is 0 Å². The molecule has 0 aliphatic heterocycles. The number of carbonyl (C=O) groups is 1. The van der Waals surface area contributed by atoms with Crippen LogP contribution in [0.15, 0.2) is 79.0 Å². The molecule has 1 aromatic heterocycles. The molecule has 0 aliphatic rings. The topological polar surface area (TPSA) is 78.0 Å². The summed E-state index contributed by atoms with van der Waals surface area (Å²) in [4.78, 5) is 12.6. The first-order chi connectivity index (χ1) is 12.7. The second kappa shape index (κ2) is 6.72. The number of rotatable bonds is 4. The van der Waals surface area contributed by atoms with E-state index in [0.717, 1.165) is 16.3 Å². The summed E-state index contributed by atoms with van der Waals surface area (Å²) < 4.78 is 0. The van der Waals surface area contributed by atoms with Crippen LogP contribution < -0.4 is 5.32 Å². The van der Waals surface area contributed by atoms with Crippen molar-refractivity contribution in [1.29, 1.82) is 0 Å². The van der Waals surface area contributed by atoms with Crippen molar-refractivity contribution >= 4 is 16.7 Å². The Morgan fingerprint density at radius 1 is 0.962 bits per heavy atom. The van der Waals surface area contributed by atoms with E-state index < -0.39 is 6.04 Å². The van der Waals surface area contributed by atoms with Gasteiger partial charge in [0.05, 0.1) is 6.04 Å². The molecule has 0 saturated heterocycles. The highest BCUT2D eigenvalue weighted by Gasteiger charge is 2.23. The fraction of sp³-hybridized carbons (Fsp3) is 0.0476. The molecule has 5 nitrogen and oxygen atoms in total. The molecule has 4 rings (SSSR count). The van der Waals surface area contributed by atoms with Crippen molar-refractivity contribution in [2.75, 3.05) is 0 Å². The van der Waals surface area contributed by atoms with E-state index >= 15 is 0 Å². The van der Waals surface area contributed by atoms with Gasteiger partial charge in [-0.3, -0.25) is 9.89 Å². The minimum Gasteiger partial charge on any atom is -0.508 e. The van der Waals surface area contributed by atoms with Crippen LogP contribution in [0, 0.1) is 0 Å². The fourth-order valence-electron chi connectivity index (χ4n) is 3.15. The van der Waals surface area contributed by atoms with Crippen LogP contribution >= 0.6 is 0 Å². The second-order valence-electron chi connectivity index (χ2n) is 6.01. The lowest BCUT2D eigenvalue weighted by molar-refractivity contribution is 0.0938. The number of hydrogen-bond acceptors (Lipinski definition) is 3. The van der Waals surface area contributed by atoms with Crippen molar-refractivity contribution in [3.05, 3.63) is 95.8 Å². The van der Waals surface area contributed by atoms with Gasteiger partial charge in [0, 0.05) is 11.8 Å². The lowest BCUT2D eigenvalue weighted by Gasteiger charge is -2.22. The van der Waals surface area contributed by atoms with E-state index in [1.807, 2.05) is 60.7 Å². The molecule has 5 heteroatoms. The highest BCUT2D eigenvalue weighted by atomic mass is 16.3. The van der Waals surface area contributed by atoms with Crippen molar-refractivity contribution in [1.82, 2.24) is 15.5 Å². The van der Waals surface area contributed by atoms with Gasteiger partial charge in [-0.25, -0.2) is 0 Å². The predicted octanol–water partition coefficient (Wildman–Crippen LogP) is 3.79. The summed E-state index contributed by atoms with van der Waals surface area (Å²) in [6, 6.07) is 22.0. The van der Waals surface area contributed by atoms with Gasteiger partial charge in [-0.15, -0.1) is 0 Å². The number of benzene rings is 3. The Bertz CT molecular complexity index is 1040. The van der Waals surface area contributed by atoms with Crippen LogP contribution in [-0.2, 0) is 0 Å². The molecule has 4 aromatic rings. The van der Waals surface area contributed by atoms with Crippen LogP contribution in [-0.4, -0.2) is 21.2 Å². The zero-order valence-corrected chi connectivity index (χ0v) is 13.9. The van der Waals surface area contributed by atoms with E-state index in [2.05, 4.69) is 15.5 Å². The summed E-state index contributed by atoms with van der Waals surface area (Å²) in [6.07, 6.45) is 1.53. The van der Waals surface area contributed by atoms with E-state index in [-0.39, 0.29) is 11.7 Å². The maximum Gasteiger partial charge on any atom is 0.270 e. The number of carbonyl (C=O) groups excluding carboxylic acids is 1. The Labute approximate surface area is 150 Å². The van der Waals surface area contributed by atoms with Gasteiger partial charge in [0.1, 0.15) is 11.4 Å². The van der Waals surface area contributed by atoms with Crippen LogP contribution in [0.5, 0.6) is 5.75 Å². The summed E-state index contributed by atoms with van der Waals surface area (Å²) in [5.41, 5.74) is 1.92. The van der Waals surface area contributed by atoms with Crippen LogP contribution in [0.25, 0.3) is 10.8 Å². The summed E-state index contributed by atoms with van der Waals surface area (Å²) in [5.74, 6) is -0.147. The van der Waals surface area contributed by atoms with E-state index in [9.17, 15) is 9.90 Å². The van der Waals surface area contributed by atoms with Crippen molar-refractivity contribution in [3.63, 3.8) is 0 Å². The first kappa shape index (κ1) is 15.9. The van der Waals surface area contributed by atoms with Crippen molar-refractivity contribution < 1.29 is 9.90 Å². The van der Waals surface area contributed by atoms with Gasteiger partial charge in [0.15, 0.2) is 0 Å². The van der Waals surface area contributed by atoms with Gasteiger partial charge in [-0.2, -0.15) is 5.10 Å². The predicted molar refractivity (Wildman–Crippen MR) is 100.0 cm³/mol. The quantitative estimate of drug-likeness (QED) is 0.527. The molecule has 128 valence electrons. The third kappa shape index (κ3) is 2.91. The molecule has 3 aromatic carbocycles. The summed E-state index contributed by atoms with van der Waals surface area (Å²) in [5, 5.41) is 22.0. The smallest absolute Gasteiger partial charge is 0.270 e. The lowest BCUT2D eigenvalue weighted by Crippen LogP contribution is -2.29. The number of H-pyrrole nitrogens is 1. The van der Waals surface area contributed by atoms with Gasteiger partial charge >= 0.3 is 0 Å². The zero-order valence-electron chi connectivity index (χ0n) is 13.9. The first-order valence-corrected chi connectivity index (χ1v) is 8.30. The number of fused-ring (bicyclic) bond motifs is 1. The van der Waals surface area contributed by atoms with Crippen molar-refractivity contribution in [2.45, 2.75) is 6.04 Å². The van der Waals surface area contributed by atoms with Gasteiger partial charge < -0.3 is 10.4 Å². The number of aromatic amines is 1. The monoisotopic (exact) mass is 343 g/mol. The lowest BCUT2D eigenvalue weighted by atomic mass is 9.92. The van der Waals surface area contributed by atoms with Crippen LogP contribution in [0.1, 0.15) is 27.7 Å². The summed E-state index contributed by atoms with van der Waals surface area (Å²) in [7, 11) is 0. The standard InChI is InChI=1S/C21H17N3O2/c25-18-11-10-14-6-4-5-9-16(14)19(18)20(15-7-2-1-3-8-15)23-21(26)17-12-13-22-24-17/h1-13,20,25H,(H,22,24)(H,23,26)/t20-/m0/s1. The molecule has 1 heterocycles. The van der Waals surface area contributed by atoms with Crippen LogP contribution in [0.3, 0.4) is 0 Å². The minimum atomic E-state index is -0.502. The van der Waals surface area contributed by atoms with E-state index in [1.54, 1.807) is 12.1 Å². The number of hydrogen-bond donors (Lipinski definition) is 3. The fourth-order valence-corrected chi connectivity index (χ4v) is 3.15. The van der Waals surface area contributed by atoms with Gasteiger partial charge in [0.25, 0.3) is 5.91 Å². The van der Waals surface area contributed by atoms with E-state index in [4.69, 9.17) is 0 Å². The number of aromatic nitrogens is 2. The molecule has 0 saturated carbocycles. The number of phenols is 1. The molecule has 0 bridgehead atoms. The number of amides is 1. The third-order valence-corrected chi connectivity index (χ3v) is 4.39. The van der Waals surface area contributed by atoms with Gasteiger partial charge in [-0.1, -0.05) is 60.7 Å². The van der Waals surface area contributed by atoms with Crippen molar-refractivity contribution in [3.8, 4) is 5.75 Å². The Morgan fingerprint density at radius 2 is 1.73 bits per heavy atom. The third-order valence-electron chi connectivity index (χ3n) is 4.39. The second-order valence-corrected chi connectivity index (χ2v) is 6.01. The number of nitrogens with one attached hydrogen (secondary N) is 2. The molecule has 0 unspecified atom stereocenters. The maximum atomic E-state index is 12.6. The molecule has 1 atom stereocenters. The molecule has 3 N–H and O–H groups in total. The highest BCUT2D eigenvalue weighted by Crippen LogP contribution is 2.35. The number of nitrogens with zero attached hydrogens (tertiary/aromatic N) is 1. The Morgan fingerprint density at radius 3 is 2.50 bits per heavy atom. The molecular formula is C21H17N3O2. The Hall–Kier alpha value is -3.60. The summed E-state index contributed by atoms with van der Waals surface area (Å²) >= 11 is 0. The minimum absolute atomic E-state index is 0.141. The molecule has 0 fully saturated rings. The van der Waals surface area contributed by atoms with Crippen LogP contribution in [0.2, 0.25) is 0 Å². The largest absolute Gasteiger partial charge is 0.508 e. The first-order valence-electron chi connectivity index (χ1n) is 8.30. The Kier molecular flexibility index (Phi) is 4.11. The summed E-state index contributed by atoms with van der Waals surface area (Å²) in [6.45, 7) is 0. The number of phenolic OH excluding ortho intramolecular Hbond substituents is 1. The SMILES string of the molecule is O=C(N[C@@H](c1ccccc1)c1c(O)ccc2ccccc12)c1ccn[nH]1. The highest BCUT2D eigenvalue weighted by molar-refractivity contribution is 5.94. The number of aromatic hydroxyl groups is 1. The van der Waals surface area contributed by atoms with Gasteiger partial charge in [0.2, 0.25) is 0 Å². The maximum absolute atomic E-state index is 12.6. The molecule has 0 spiro atoms. The molecule has 0 aliphatic carbocycles. The van der Waals surface area contributed by atoms with Gasteiger partial charge in [-0.05, 0) is 28.5 Å².